The van der Waals surface area contributed by atoms with Crippen LogP contribution in [-0.4, -0.2) is 37.9 Å². The molecule has 1 amide bonds. The van der Waals surface area contributed by atoms with Crippen molar-refractivity contribution in [1.29, 1.82) is 0 Å². The summed E-state index contributed by atoms with van der Waals surface area (Å²) in [5.74, 6) is 0.240. The third-order valence-electron chi connectivity index (χ3n) is 3.59. The lowest BCUT2D eigenvalue weighted by atomic mass is 10.1. The first-order valence-electron chi connectivity index (χ1n) is 7.37. The van der Waals surface area contributed by atoms with E-state index >= 15 is 0 Å². The fourth-order valence-electron chi connectivity index (χ4n) is 2.28. The summed E-state index contributed by atoms with van der Waals surface area (Å²) in [7, 11) is 0. The quantitative estimate of drug-likeness (QED) is 0.751. The second-order valence-electron chi connectivity index (χ2n) is 5.19. The molecule has 0 heterocycles. The molecule has 116 valence electrons. The minimum atomic E-state index is -0.460. The number of carbonyl (C=O) groups excluding carboxylic acids is 1. The summed E-state index contributed by atoms with van der Waals surface area (Å²) in [5, 5.41) is 3.77. The van der Waals surface area contributed by atoms with Crippen molar-refractivity contribution in [3.8, 4) is 0 Å². The lowest BCUT2D eigenvalue weighted by Crippen LogP contribution is -2.37. The number of amides is 1. The van der Waals surface area contributed by atoms with Crippen LogP contribution in [0.5, 0.6) is 0 Å². The highest BCUT2D eigenvalue weighted by atomic mass is 35.5. The molecule has 0 unspecified atom stereocenters. The van der Waals surface area contributed by atoms with Gasteiger partial charge >= 0.3 is 0 Å². The van der Waals surface area contributed by atoms with Crippen LogP contribution in [0.3, 0.4) is 0 Å². The van der Waals surface area contributed by atoms with Crippen molar-refractivity contribution in [2.45, 2.75) is 38.3 Å². The largest absolute Gasteiger partial charge is 0.379 e. The maximum atomic E-state index is 12.0. The van der Waals surface area contributed by atoms with Crippen LogP contribution in [0.15, 0.2) is 24.3 Å². The topological polar surface area (TPSA) is 47.6 Å². The van der Waals surface area contributed by atoms with Gasteiger partial charge in [0, 0.05) is 23.6 Å². The molecule has 1 N–H and O–H groups in total. The Balaban J connectivity index is 1.74. The summed E-state index contributed by atoms with van der Waals surface area (Å²) in [4.78, 5) is 12.0. The molecule has 5 heteroatoms. The summed E-state index contributed by atoms with van der Waals surface area (Å²) in [5.41, 5.74) is 1.11. The first kappa shape index (κ1) is 16.3. The van der Waals surface area contributed by atoms with E-state index in [0.717, 1.165) is 17.0 Å². The van der Waals surface area contributed by atoms with Gasteiger partial charge in [0.2, 0.25) is 5.91 Å². The Hall–Kier alpha value is -1.10. The molecule has 3 atom stereocenters. The average Bonchev–Trinajstić information content (AvgIpc) is 3.22. The van der Waals surface area contributed by atoms with Crippen LogP contribution in [0.2, 0.25) is 5.02 Å². The van der Waals surface area contributed by atoms with E-state index in [1.165, 1.54) is 0 Å². The van der Waals surface area contributed by atoms with Crippen LogP contribution >= 0.6 is 11.6 Å². The molecule has 0 saturated heterocycles. The molecule has 1 saturated carbocycles. The van der Waals surface area contributed by atoms with Crippen LogP contribution < -0.4 is 5.32 Å². The van der Waals surface area contributed by atoms with Gasteiger partial charge in [-0.3, -0.25) is 4.79 Å². The van der Waals surface area contributed by atoms with Gasteiger partial charge in [0.1, 0.15) is 6.10 Å². The van der Waals surface area contributed by atoms with Gasteiger partial charge in [-0.1, -0.05) is 29.8 Å². The van der Waals surface area contributed by atoms with Crippen molar-refractivity contribution < 1.29 is 14.3 Å². The Morgan fingerprint density at radius 1 is 1.43 bits per heavy atom. The number of carbonyl (C=O) groups is 1. The lowest BCUT2D eigenvalue weighted by Gasteiger charge is -2.13. The average molecular weight is 312 g/mol. The Bertz CT molecular complexity index is 480. The highest BCUT2D eigenvalue weighted by Gasteiger charge is 2.41. The van der Waals surface area contributed by atoms with Gasteiger partial charge in [-0.15, -0.1) is 0 Å². The zero-order valence-corrected chi connectivity index (χ0v) is 13.2. The summed E-state index contributed by atoms with van der Waals surface area (Å²) < 4.78 is 10.6. The van der Waals surface area contributed by atoms with Crippen molar-refractivity contribution in [3.63, 3.8) is 0 Å². The SMILES string of the molecule is CCOCCO[C@H](C)C(=O)N[C@@H]1C[C@@H]1c1ccccc1Cl. The molecule has 0 aliphatic heterocycles. The van der Waals surface area contributed by atoms with Gasteiger partial charge < -0.3 is 14.8 Å². The van der Waals surface area contributed by atoms with Gasteiger partial charge in [-0.2, -0.15) is 0 Å². The number of benzene rings is 1. The van der Waals surface area contributed by atoms with Gasteiger partial charge in [0.15, 0.2) is 0 Å². The molecule has 1 fully saturated rings. The highest BCUT2D eigenvalue weighted by Crippen LogP contribution is 2.43. The molecule has 1 aliphatic carbocycles. The fraction of sp³-hybridized carbons (Fsp3) is 0.562. The highest BCUT2D eigenvalue weighted by molar-refractivity contribution is 6.31. The van der Waals surface area contributed by atoms with Crippen molar-refractivity contribution in [2.75, 3.05) is 19.8 Å². The maximum absolute atomic E-state index is 12.0. The zero-order chi connectivity index (χ0) is 15.2. The summed E-state index contributed by atoms with van der Waals surface area (Å²) in [6, 6.07) is 7.94. The number of rotatable bonds is 8. The Morgan fingerprint density at radius 2 is 2.19 bits per heavy atom. The minimum Gasteiger partial charge on any atom is -0.379 e. The minimum absolute atomic E-state index is 0.0777. The van der Waals surface area contributed by atoms with E-state index in [1.807, 2.05) is 31.2 Å². The number of ether oxygens (including phenoxy) is 2. The van der Waals surface area contributed by atoms with E-state index in [1.54, 1.807) is 6.92 Å². The van der Waals surface area contributed by atoms with Crippen LogP contribution in [0.4, 0.5) is 0 Å². The van der Waals surface area contributed by atoms with E-state index in [9.17, 15) is 4.79 Å². The van der Waals surface area contributed by atoms with E-state index in [-0.39, 0.29) is 11.9 Å². The third kappa shape index (κ3) is 4.70. The number of nitrogens with one attached hydrogen (secondary N) is 1. The predicted molar refractivity (Wildman–Crippen MR) is 82.6 cm³/mol. The standard InChI is InChI=1S/C16H22ClNO3/c1-3-20-8-9-21-11(2)16(19)18-15-10-13(15)12-6-4-5-7-14(12)17/h4-7,11,13,15H,3,8-10H2,1-2H3,(H,18,19)/t11-,13-,15-/m1/s1. The van der Waals surface area contributed by atoms with Crippen molar-refractivity contribution in [1.82, 2.24) is 5.32 Å². The molecule has 1 aliphatic rings. The predicted octanol–water partition coefficient (Wildman–Crippen LogP) is 2.75. The molecule has 0 spiro atoms. The molecule has 21 heavy (non-hydrogen) atoms. The van der Waals surface area contributed by atoms with Gasteiger partial charge in [-0.25, -0.2) is 0 Å². The molecule has 1 aromatic carbocycles. The summed E-state index contributed by atoms with van der Waals surface area (Å²) >= 11 is 6.17. The summed E-state index contributed by atoms with van der Waals surface area (Å²) in [6.07, 6.45) is 0.471. The first-order valence-corrected chi connectivity index (χ1v) is 7.75. The van der Waals surface area contributed by atoms with Crippen LogP contribution in [-0.2, 0) is 14.3 Å². The fourth-order valence-corrected chi connectivity index (χ4v) is 2.55. The Morgan fingerprint density at radius 3 is 2.90 bits per heavy atom. The lowest BCUT2D eigenvalue weighted by molar-refractivity contribution is -0.132. The van der Waals surface area contributed by atoms with Crippen LogP contribution in [0, 0.1) is 0 Å². The van der Waals surface area contributed by atoms with E-state index < -0.39 is 6.10 Å². The normalized spacial score (nSPS) is 21.9. The van der Waals surface area contributed by atoms with Crippen molar-refractivity contribution in [3.05, 3.63) is 34.9 Å². The number of halogens is 1. The molecular formula is C16H22ClNO3. The van der Waals surface area contributed by atoms with E-state index in [4.69, 9.17) is 21.1 Å². The molecule has 0 radical (unpaired) electrons. The number of hydrogen-bond donors (Lipinski definition) is 1. The van der Waals surface area contributed by atoms with Gasteiger partial charge in [0.05, 0.1) is 13.2 Å². The molecule has 4 nitrogen and oxygen atoms in total. The smallest absolute Gasteiger partial charge is 0.249 e. The van der Waals surface area contributed by atoms with Crippen LogP contribution in [0.1, 0.15) is 31.7 Å². The van der Waals surface area contributed by atoms with E-state index in [0.29, 0.717) is 25.7 Å². The molecule has 0 bridgehead atoms. The number of hydrogen-bond acceptors (Lipinski definition) is 3. The van der Waals surface area contributed by atoms with Crippen molar-refractivity contribution >= 4 is 17.5 Å². The van der Waals surface area contributed by atoms with Crippen LogP contribution in [0.25, 0.3) is 0 Å². The zero-order valence-electron chi connectivity index (χ0n) is 12.5. The first-order chi connectivity index (χ1) is 10.1. The molecule has 2 rings (SSSR count). The van der Waals surface area contributed by atoms with Gasteiger partial charge in [0.25, 0.3) is 0 Å². The molecule has 0 aromatic heterocycles. The molecule has 1 aromatic rings. The van der Waals surface area contributed by atoms with E-state index in [2.05, 4.69) is 5.32 Å². The monoisotopic (exact) mass is 311 g/mol. The molecular weight excluding hydrogens is 290 g/mol. The Labute approximate surface area is 130 Å². The van der Waals surface area contributed by atoms with Crippen molar-refractivity contribution in [2.24, 2.45) is 0 Å². The van der Waals surface area contributed by atoms with Gasteiger partial charge in [-0.05, 0) is 31.9 Å². The third-order valence-corrected chi connectivity index (χ3v) is 3.94. The maximum Gasteiger partial charge on any atom is 0.249 e. The second-order valence-corrected chi connectivity index (χ2v) is 5.60. The Kier molecular flexibility index (Phi) is 6.03. The summed E-state index contributed by atoms with van der Waals surface area (Å²) in [6.45, 7) is 5.29. The second kappa shape index (κ2) is 7.78.